The molecule has 1 fully saturated rings. The van der Waals surface area contributed by atoms with Gasteiger partial charge in [0.25, 0.3) is 0 Å². The minimum Gasteiger partial charge on any atom is -0.481 e. The Morgan fingerprint density at radius 2 is 2.11 bits per heavy atom. The summed E-state index contributed by atoms with van der Waals surface area (Å²) in [5, 5.41) is 9.29. The van der Waals surface area contributed by atoms with Crippen LogP contribution in [0.4, 0.5) is 4.39 Å². The number of carboxylic acid groups (broad SMARTS) is 1. The predicted molar refractivity (Wildman–Crippen MR) is 70.2 cm³/mol. The van der Waals surface area contributed by atoms with Gasteiger partial charge in [0.2, 0.25) is 0 Å². The summed E-state index contributed by atoms with van der Waals surface area (Å²) in [6, 6.07) is 4.44. The van der Waals surface area contributed by atoms with Crippen molar-refractivity contribution in [3.8, 4) is 0 Å². The third-order valence-electron chi connectivity index (χ3n) is 3.27. The number of carbonyl (C=O) groups is 1. The lowest BCUT2D eigenvalue weighted by molar-refractivity contribution is -0.139. The first-order valence-electron chi connectivity index (χ1n) is 5.98. The molecule has 3 nitrogen and oxygen atoms in total. The van der Waals surface area contributed by atoms with Crippen molar-refractivity contribution in [1.82, 2.24) is 4.90 Å². The smallest absolute Gasteiger partial charge is 0.312 e. The van der Waals surface area contributed by atoms with Crippen LogP contribution in [0.2, 0.25) is 0 Å². The lowest BCUT2D eigenvalue weighted by atomic mass is 9.98. The number of nitrogens with zero attached hydrogens (tertiary/aromatic N) is 1. The van der Waals surface area contributed by atoms with Gasteiger partial charge in [-0.15, -0.1) is 0 Å². The van der Waals surface area contributed by atoms with Crippen molar-refractivity contribution in [2.24, 2.45) is 0 Å². The molecule has 2 rings (SSSR count). The summed E-state index contributed by atoms with van der Waals surface area (Å²) in [7, 11) is 0. The monoisotopic (exact) mass is 315 g/mol. The fraction of sp³-hybridized carbons (Fsp3) is 0.462. The summed E-state index contributed by atoms with van der Waals surface area (Å²) in [6.07, 6.45) is 2.18. The highest BCUT2D eigenvalue weighted by Gasteiger charge is 2.27. The number of likely N-dealkylation sites (tertiary alicyclic amines) is 1. The van der Waals surface area contributed by atoms with Crippen molar-refractivity contribution in [3.05, 3.63) is 34.1 Å². The Balaban J connectivity index is 2.23. The Kier molecular flexibility index (Phi) is 4.35. The summed E-state index contributed by atoms with van der Waals surface area (Å²) in [5.74, 6) is -2.23. The quantitative estimate of drug-likeness (QED) is 0.928. The van der Waals surface area contributed by atoms with Gasteiger partial charge in [-0.25, -0.2) is 4.39 Å². The van der Waals surface area contributed by atoms with E-state index in [1.54, 1.807) is 12.1 Å². The number of benzene rings is 1. The van der Waals surface area contributed by atoms with Gasteiger partial charge in [0, 0.05) is 16.6 Å². The maximum absolute atomic E-state index is 13.8. The highest BCUT2D eigenvalue weighted by Crippen LogP contribution is 2.25. The zero-order valence-corrected chi connectivity index (χ0v) is 11.5. The van der Waals surface area contributed by atoms with Crippen LogP contribution in [0.5, 0.6) is 0 Å². The van der Waals surface area contributed by atoms with E-state index in [1.807, 2.05) is 0 Å². The summed E-state index contributed by atoms with van der Waals surface area (Å²) in [4.78, 5) is 13.4. The summed E-state index contributed by atoms with van der Waals surface area (Å²) in [6.45, 7) is 2.18. The molecule has 1 aliphatic heterocycles. The van der Waals surface area contributed by atoms with Gasteiger partial charge in [0.1, 0.15) is 5.82 Å². The molecular formula is C13H15BrFNO2. The average Bonchev–Trinajstić information content (AvgIpc) is 2.82. The highest BCUT2D eigenvalue weighted by molar-refractivity contribution is 9.10. The van der Waals surface area contributed by atoms with Crippen LogP contribution in [0.15, 0.2) is 22.7 Å². The van der Waals surface area contributed by atoms with Crippen LogP contribution in [0, 0.1) is 5.82 Å². The van der Waals surface area contributed by atoms with Crippen LogP contribution in [0.1, 0.15) is 24.3 Å². The topological polar surface area (TPSA) is 40.5 Å². The Labute approximate surface area is 114 Å². The van der Waals surface area contributed by atoms with Gasteiger partial charge in [-0.3, -0.25) is 4.79 Å². The minimum absolute atomic E-state index is 0.253. The van der Waals surface area contributed by atoms with Gasteiger partial charge in [0.15, 0.2) is 0 Å². The number of hydrogen-bond acceptors (Lipinski definition) is 2. The summed E-state index contributed by atoms with van der Waals surface area (Å²) < 4.78 is 14.5. The Hall–Kier alpha value is -0.940. The molecule has 0 bridgehead atoms. The molecule has 1 atom stereocenters. The second kappa shape index (κ2) is 5.80. The fourth-order valence-electron chi connectivity index (χ4n) is 2.31. The van der Waals surface area contributed by atoms with E-state index in [1.165, 1.54) is 6.07 Å². The van der Waals surface area contributed by atoms with Crippen molar-refractivity contribution < 1.29 is 14.3 Å². The standard InChI is InChI=1S/C13H15BrFNO2/c14-9-3-4-12(15)10(7-9)11(13(17)18)8-16-5-1-2-6-16/h3-4,7,11H,1-2,5-6,8H2,(H,17,18). The number of halogens is 2. The summed E-state index contributed by atoms with van der Waals surface area (Å²) in [5.41, 5.74) is 0.253. The second-order valence-corrected chi connectivity index (χ2v) is 5.48. The largest absolute Gasteiger partial charge is 0.481 e. The molecule has 98 valence electrons. The molecular weight excluding hydrogens is 301 g/mol. The molecule has 5 heteroatoms. The van der Waals surface area contributed by atoms with Crippen LogP contribution >= 0.6 is 15.9 Å². The number of hydrogen-bond donors (Lipinski definition) is 1. The molecule has 0 radical (unpaired) electrons. The summed E-state index contributed by atoms with van der Waals surface area (Å²) >= 11 is 3.25. The molecule has 0 spiro atoms. The van der Waals surface area contributed by atoms with Crippen molar-refractivity contribution in [1.29, 1.82) is 0 Å². The van der Waals surface area contributed by atoms with Crippen LogP contribution in [-0.4, -0.2) is 35.6 Å². The number of aliphatic carboxylic acids is 1. The molecule has 1 N–H and O–H groups in total. The number of rotatable bonds is 4. The molecule has 1 aromatic rings. The van der Waals surface area contributed by atoms with E-state index in [-0.39, 0.29) is 5.56 Å². The molecule has 0 aliphatic carbocycles. The lowest BCUT2D eigenvalue weighted by Gasteiger charge is -2.21. The van der Waals surface area contributed by atoms with Gasteiger partial charge in [-0.05, 0) is 44.1 Å². The van der Waals surface area contributed by atoms with Crippen molar-refractivity contribution in [2.75, 3.05) is 19.6 Å². The van der Waals surface area contributed by atoms with Crippen LogP contribution in [0.25, 0.3) is 0 Å². The van der Waals surface area contributed by atoms with E-state index in [4.69, 9.17) is 0 Å². The third-order valence-corrected chi connectivity index (χ3v) is 3.76. The molecule has 0 amide bonds. The first-order chi connectivity index (χ1) is 8.58. The SMILES string of the molecule is O=C(O)C(CN1CCCC1)c1cc(Br)ccc1F. The van der Waals surface area contributed by atoms with Gasteiger partial charge >= 0.3 is 5.97 Å². The Morgan fingerprint density at radius 3 is 2.72 bits per heavy atom. The highest BCUT2D eigenvalue weighted by atomic mass is 79.9. The van der Waals surface area contributed by atoms with Gasteiger partial charge in [0.05, 0.1) is 5.92 Å². The van der Waals surface area contributed by atoms with Gasteiger partial charge in [-0.2, -0.15) is 0 Å². The molecule has 1 aromatic carbocycles. The van der Waals surface area contributed by atoms with Crippen molar-refractivity contribution in [3.63, 3.8) is 0 Å². The van der Waals surface area contributed by atoms with Crippen molar-refractivity contribution >= 4 is 21.9 Å². The normalized spacial score (nSPS) is 17.9. The maximum Gasteiger partial charge on any atom is 0.312 e. The molecule has 1 unspecified atom stereocenters. The van der Waals surface area contributed by atoms with Gasteiger partial charge < -0.3 is 10.0 Å². The second-order valence-electron chi connectivity index (χ2n) is 4.56. The fourth-order valence-corrected chi connectivity index (χ4v) is 2.69. The minimum atomic E-state index is -0.973. The van der Waals surface area contributed by atoms with E-state index >= 15 is 0 Å². The van der Waals surface area contributed by atoms with E-state index in [0.29, 0.717) is 11.0 Å². The van der Waals surface area contributed by atoms with Crippen LogP contribution in [-0.2, 0) is 4.79 Å². The average molecular weight is 316 g/mol. The Morgan fingerprint density at radius 1 is 1.44 bits per heavy atom. The van der Waals surface area contributed by atoms with Gasteiger partial charge in [-0.1, -0.05) is 15.9 Å². The molecule has 1 aliphatic rings. The zero-order valence-electron chi connectivity index (χ0n) is 9.90. The Bertz CT molecular complexity index is 447. The van der Waals surface area contributed by atoms with E-state index in [9.17, 15) is 14.3 Å². The van der Waals surface area contributed by atoms with Crippen molar-refractivity contribution in [2.45, 2.75) is 18.8 Å². The van der Waals surface area contributed by atoms with Crippen LogP contribution < -0.4 is 0 Å². The van der Waals surface area contributed by atoms with E-state index in [0.717, 1.165) is 25.9 Å². The number of carboxylic acids is 1. The molecule has 1 heterocycles. The lowest BCUT2D eigenvalue weighted by Crippen LogP contribution is -2.30. The maximum atomic E-state index is 13.8. The third kappa shape index (κ3) is 3.09. The predicted octanol–water partition coefficient (Wildman–Crippen LogP) is 2.85. The first-order valence-corrected chi connectivity index (χ1v) is 6.77. The van der Waals surface area contributed by atoms with Crippen LogP contribution in [0.3, 0.4) is 0 Å². The molecule has 18 heavy (non-hydrogen) atoms. The molecule has 0 aromatic heterocycles. The first kappa shape index (κ1) is 13.5. The molecule has 0 saturated carbocycles. The molecule has 1 saturated heterocycles. The van der Waals surface area contributed by atoms with E-state index < -0.39 is 17.7 Å². The van der Waals surface area contributed by atoms with E-state index in [2.05, 4.69) is 20.8 Å². The zero-order chi connectivity index (χ0) is 13.1.